The van der Waals surface area contributed by atoms with Crippen LogP contribution < -0.4 is 11.1 Å². The maximum atomic E-state index is 11.9. The van der Waals surface area contributed by atoms with E-state index in [4.69, 9.17) is 5.73 Å². The molecule has 2 amide bonds. The molecule has 104 valence electrons. The van der Waals surface area contributed by atoms with Gasteiger partial charge in [-0.25, -0.2) is 0 Å². The molecule has 0 aliphatic rings. The monoisotopic (exact) mass is 263 g/mol. The predicted molar refractivity (Wildman–Crippen MR) is 73.4 cm³/mol. The van der Waals surface area contributed by atoms with E-state index in [1.807, 2.05) is 0 Å². The first kappa shape index (κ1) is 15.1. The average molecular weight is 263 g/mol. The Hall–Kier alpha value is -1.91. The second kappa shape index (κ2) is 8.24. The molecule has 0 radical (unpaired) electrons. The number of nitrogens with two attached hydrogens (primary N) is 1. The van der Waals surface area contributed by atoms with E-state index in [1.165, 1.54) is 6.20 Å². The number of nitrogens with one attached hydrogen (secondary N) is 1. The van der Waals surface area contributed by atoms with Gasteiger partial charge in [-0.3, -0.25) is 14.6 Å². The first-order chi connectivity index (χ1) is 9.15. The number of amides is 2. The molecule has 0 aliphatic heterocycles. The highest BCUT2D eigenvalue weighted by molar-refractivity contribution is 5.95. The van der Waals surface area contributed by atoms with Crippen molar-refractivity contribution in [2.75, 3.05) is 0 Å². The van der Waals surface area contributed by atoms with Gasteiger partial charge in [-0.15, -0.1) is 0 Å². The Labute approximate surface area is 113 Å². The predicted octanol–water partition coefficient (Wildman–Crippen LogP) is 1.64. The second-order valence-corrected chi connectivity index (χ2v) is 4.49. The van der Waals surface area contributed by atoms with Crippen LogP contribution >= 0.6 is 0 Å². The Kier molecular flexibility index (Phi) is 6.57. The van der Waals surface area contributed by atoms with E-state index in [0.717, 1.165) is 25.7 Å². The van der Waals surface area contributed by atoms with Crippen molar-refractivity contribution in [3.05, 3.63) is 30.1 Å². The van der Waals surface area contributed by atoms with Crippen molar-refractivity contribution in [3.8, 4) is 0 Å². The summed E-state index contributed by atoms with van der Waals surface area (Å²) < 4.78 is 0. The fourth-order valence-corrected chi connectivity index (χ4v) is 1.79. The van der Waals surface area contributed by atoms with Crippen LogP contribution in [0.15, 0.2) is 24.4 Å². The van der Waals surface area contributed by atoms with Gasteiger partial charge < -0.3 is 11.1 Å². The van der Waals surface area contributed by atoms with E-state index >= 15 is 0 Å². The van der Waals surface area contributed by atoms with Gasteiger partial charge in [0.05, 0.1) is 0 Å². The van der Waals surface area contributed by atoms with Crippen molar-refractivity contribution in [2.45, 2.75) is 45.1 Å². The molecule has 0 aromatic carbocycles. The number of hydrogen-bond acceptors (Lipinski definition) is 3. The molecule has 1 rings (SSSR count). The molecule has 0 saturated carbocycles. The number of hydrogen-bond donors (Lipinski definition) is 2. The Morgan fingerprint density at radius 1 is 1.32 bits per heavy atom. The zero-order valence-corrected chi connectivity index (χ0v) is 11.3. The van der Waals surface area contributed by atoms with Crippen LogP contribution in [0.25, 0.3) is 0 Å². The number of unbranched alkanes of at least 4 members (excludes halogenated alkanes) is 3. The minimum absolute atomic E-state index is 0.294. The van der Waals surface area contributed by atoms with Gasteiger partial charge in [0.25, 0.3) is 5.91 Å². The number of primary amides is 1. The number of rotatable bonds is 8. The maximum absolute atomic E-state index is 11.9. The minimum Gasteiger partial charge on any atom is -0.368 e. The van der Waals surface area contributed by atoms with Crippen molar-refractivity contribution >= 4 is 11.8 Å². The molecule has 5 nitrogen and oxygen atoms in total. The van der Waals surface area contributed by atoms with Gasteiger partial charge in [0.15, 0.2) is 0 Å². The van der Waals surface area contributed by atoms with E-state index in [2.05, 4.69) is 17.2 Å². The highest BCUT2D eigenvalue weighted by Gasteiger charge is 2.18. The highest BCUT2D eigenvalue weighted by Crippen LogP contribution is 2.06. The third-order valence-electron chi connectivity index (χ3n) is 2.89. The quantitative estimate of drug-likeness (QED) is 0.699. The smallest absolute Gasteiger partial charge is 0.270 e. The molecule has 0 spiro atoms. The van der Waals surface area contributed by atoms with Crippen LogP contribution in [0.2, 0.25) is 0 Å². The summed E-state index contributed by atoms with van der Waals surface area (Å²) in [4.78, 5) is 27.1. The molecule has 1 aromatic heterocycles. The van der Waals surface area contributed by atoms with E-state index in [0.29, 0.717) is 12.1 Å². The molecule has 0 saturated heterocycles. The summed E-state index contributed by atoms with van der Waals surface area (Å²) in [5.74, 6) is -0.860. The largest absolute Gasteiger partial charge is 0.368 e. The van der Waals surface area contributed by atoms with Gasteiger partial charge in [-0.05, 0) is 18.6 Å². The Morgan fingerprint density at radius 3 is 2.68 bits per heavy atom. The Balaban J connectivity index is 2.49. The molecule has 3 N–H and O–H groups in total. The van der Waals surface area contributed by atoms with Crippen LogP contribution in [0.5, 0.6) is 0 Å². The average Bonchev–Trinajstić information content (AvgIpc) is 2.42. The topological polar surface area (TPSA) is 85.1 Å². The molecule has 1 heterocycles. The molecular weight excluding hydrogens is 242 g/mol. The summed E-state index contributed by atoms with van der Waals surface area (Å²) in [6.07, 6.45) is 6.29. The molecular formula is C14H21N3O2. The fourth-order valence-electron chi connectivity index (χ4n) is 1.79. The van der Waals surface area contributed by atoms with Crippen molar-refractivity contribution < 1.29 is 9.59 Å². The van der Waals surface area contributed by atoms with Crippen LogP contribution in [0.4, 0.5) is 0 Å². The molecule has 1 atom stereocenters. The van der Waals surface area contributed by atoms with Gasteiger partial charge in [0, 0.05) is 6.20 Å². The van der Waals surface area contributed by atoms with Gasteiger partial charge in [0.1, 0.15) is 11.7 Å². The third-order valence-corrected chi connectivity index (χ3v) is 2.89. The Bertz CT molecular complexity index is 406. The first-order valence-corrected chi connectivity index (χ1v) is 6.66. The van der Waals surface area contributed by atoms with Crippen molar-refractivity contribution in [2.24, 2.45) is 5.73 Å². The molecule has 0 fully saturated rings. The van der Waals surface area contributed by atoms with Gasteiger partial charge in [-0.2, -0.15) is 0 Å². The fraction of sp³-hybridized carbons (Fsp3) is 0.500. The van der Waals surface area contributed by atoms with E-state index in [9.17, 15) is 9.59 Å². The summed E-state index contributed by atoms with van der Waals surface area (Å²) in [5, 5.41) is 2.63. The van der Waals surface area contributed by atoms with Gasteiger partial charge >= 0.3 is 0 Å². The number of nitrogens with zero attached hydrogens (tertiary/aromatic N) is 1. The lowest BCUT2D eigenvalue weighted by Gasteiger charge is -2.14. The van der Waals surface area contributed by atoms with E-state index in [-0.39, 0.29) is 5.91 Å². The minimum atomic E-state index is -0.619. The van der Waals surface area contributed by atoms with Crippen LogP contribution in [-0.4, -0.2) is 22.8 Å². The number of carbonyl (C=O) groups is 2. The molecule has 5 heteroatoms. The lowest BCUT2D eigenvalue weighted by molar-refractivity contribution is -0.120. The summed E-state index contributed by atoms with van der Waals surface area (Å²) in [5.41, 5.74) is 5.60. The van der Waals surface area contributed by atoms with Crippen molar-refractivity contribution in [3.63, 3.8) is 0 Å². The van der Waals surface area contributed by atoms with E-state index < -0.39 is 11.9 Å². The molecule has 0 aliphatic carbocycles. The maximum Gasteiger partial charge on any atom is 0.270 e. The molecule has 1 aromatic rings. The van der Waals surface area contributed by atoms with Crippen LogP contribution in [-0.2, 0) is 4.79 Å². The van der Waals surface area contributed by atoms with Crippen LogP contribution in [0, 0.1) is 0 Å². The van der Waals surface area contributed by atoms with Crippen molar-refractivity contribution in [1.82, 2.24) is 10.3 Å². The molecule has 19 heavy (non-hydrogen) atoms. The lowest BCUT2D eigenvalue weighted by atomic mass is 10.1. The summed E-state index contributed by atoms with van der Waals surface area (Å²) in [6.45, 7) is 2.12. The SMILES string of the molecule is CCCCCC[C@@H](NC(=O)c1ccccn1)C(N)=O. The van der Waals surface area contributed by atoms with Crippen LogP contribution in [0.1, 0.15) is 49.5 Å². The zero-order valence-electron chi connectivity index (χ0n) is 11.3. The standard InChI is InChI=1S/C14H21N3O2/c1-2-3-4-5-8-11(13(15)18)17-14(19)12-9-6-7-10-16-12/h6-7,9-11H,2-5,8H2,1H3,(H2,15,18)(H,17,19)/t11-/m1/s1. The van der Waals surface area contributed by atoms with Gasteiger partial charge in [-0.1, -0.05) is 38.7 Å². The highest BCUT2D eigenvalue weighted by atomic mass is 16.2. The molecule has 0 unspecified atom stereocenters. The van der Waals surface area contributed by atoms with E-state index in [1.54, 1.807) is 18.2 Å². The lowest BCUT2D eigenvalue weighted by Crippen LogP contribution is -2.44. The number of carbonyl (C=O) groups excluding carboxylic acids is 2. The van der Waals surface area contributed by atoms with Gasteiger partial charge in [0.2, 0.25) is 5.91 Å². The summed E-state index contributed by atoms with van der Waals surface area (Å²) >= 11 is 0. The zero-order chi connectivity index (χ0) is 14.1. The summed E-state index contributed by atoms with van der Waals surface area (Å²) in [7, 11) is 0. The number of pyridine rings is 1. The normalized spacial score (nSPS) is 11.8. The second-order valence-electron chi connectivity index (χ2n) is 4.49. The molecule has 0 bridgehead atoms. The third kappa shape index (κ3) is 5.50. The van der Waals surface area contributed by atoms with Crippen molar-refractivity contribution in [1.29, 1.82) is 0 Å². The van der Waals surface area contributed by atoms with Crippen LogP contribution in [0.3, 0.4) is 0 Å². The number of aromatic nitrogens is 1. The first-order valence-electron chi connectivity index (χ1n) is 6.66. The Morgan fingerprint density at radius 2 is 2.11 bits per heavy atom. The summed E-state index contributed by atoms with van der Waals surface area (Å²) in [6, 6.07) is 4.44.